The highest BCUT2D eigenvalue weighted by Gasteiger charge is 2.35. The largest absolute Gasteiger partial charge is 0.444 e. The van der Waals surface area contributed by atoms with Crippen LogP contribution in [0.1, 0.15) is 54.4 Å². The van der Waals surface area contributed by atoms with Crippen LogP contribution in [0.3, 0.4) is 0 Å². The maximum Gasteiger partial charge on any atom is 0.410 e. The molecular formula is C20H38N4O3. The minimum absolute atomic E-state index is 0.106. The molecule has 7 nitrogen and oxygen atoms in total. The molecule has 2 aliphatic heterocycles. The van der Waals surface area contributed by atoms with Gasteiger partial charge < -0.3 is 25.0 Å². The number of nitrogens with two attached hydrogens (primary N) is 1. The molecule has 2 saturated heterocycles. The second kappa shape index (κ2) is 8.67. The Balaban J connectivity index is 1.86. The molecule has 0 aromatic heterocycles. The standard InChI is InChI=1S/C20H38N4O3/c1-19(2,3)16-15(8-7-13-26-16)14-22-17(21)23-9-11-24(12-10-23)18(25)27-20(4,5)6/h15-16H,7-14H2,1-6H3,(H2,21,22). The lowest BCUT2D eigenvalue weighted by atomic mass is 9.78. The van der Waals surface area contributed by atoms with Gasteiger partial charge in [-0.15, -0.1) is 0 Å². The van der Waals surface area contributed by atoms with Crippen LogP contribution in [-0.4, -0.2) is 72.9 Å². The number of hydrogen-bond acceptors (Lipinski definition) is 4. The molecule has 0 radical (unpaired) electrons. The van der Waals surface area contributed by atoms with Crippen molar-refractivity contribution in [3.05, 3.63) is 0 Å². The minimum Gasteiger partial charge on any atom is -0.444 e. The van der Waals surface area contributed by atoms with Gasteiger partial charge in [0.25, 0.3) is 0 Å². The van der Waals surface area contributed by atoms with Crippen LogP contribution >= 0.6 is 0 Å². The summed E-state index contributed by atoms with van der Waals surface area (Å²) in [5, 5.41) is 0. The number of nitrogens with zero attached hydrogens (tertiary/aromatic N) is 3. The predicted molar refractivity (Wildman–Crippen MR) is 108 cm³/mol. The molecule has 0 aliphatic carbocycles. The van der Waals surface area contributed by atoms with Crippen LogP contribution in [0, 0.1) is 11.3 Å². The lowest BCUT2D eigenvalue weighted by molar-refractivity contribution is -0.0824. The molecule has 0 saturated carbocycles. The third-order valence-corrected chi connectivity index (χ3v) is 5.04. The van der Waals surface area contributed by atoms with E-state index in [-0.39, 0.29) is 17.6 Å². The summed E-state index contributed by atoms with van der Waals surface area (Å²) < 4.78 is 11.5. The number of carbonyl (C=O) groups excluding carboxylic acids is 1. The van der Waals surface area contributed by atoms with Crippen molar-refractivity contribution in [1.82, 2.24) is 9.80 Å². The summed E-state index contributed by atoms with van der Waals surface area (Å²) in [6.07, 6.45) is 2.17. The van der Waals surface area contributed by atoms with E-state index in [0.717, 1.165) is 19.4 Å². The highest BCUT2D eigenvalue weighted by Crippen LogP contribution is 2.34. The number of guanidine groups is 1. The maximum atomic E-state index is 12.2. The van der Waals surface area contributed by atoms with E-state index in [1.54, 1.807) is 4.90 Å². The summed E-state index contributed by atoms with van der Waals surface area (Å²) in [5.74, 6) is 0.970. The molecule has 2 atom stereocenters. The topological polar surface area (TPSA) is 80.4 Å². The van der Waals surface area contributed by atoms with E-state index in [9.17, 15) is 4.79 Å². The van der Waals surface area contributed by atoms with E-state index in [1.807, 2.05) is 20.8 Å². The average Bonchev–Trinajstić information content (AvgIpc) is 2.58. The molecule has 2 aliphatic rings. The average molecular weight is 383 g/mol. The van der Waals surface area contributed by atoms with Crippen molar-refractivity contribution in [3.63, 3.8) is 0 Å². The SMILES string of the molecule is CC(C)(C)OC(=O)N1CCN(C(N)=NCC2CCCOC2C(C)(C)C)CC1. The van der Waals surface area contributed by atoms with Gasteiger partial charge in [0.2, 0.25) is 0 Å². The number of rotatable bonds is 2. The Kier molecular flexibility index (Phi) is 7.00. The molecule has 27 heavy (non-hydrogen) atoms. The van der Waals surface area contributed by atoms with Gasteiger partial charge in [0.15, 0.2) is 5.96 Å². The molecule has 0 spiro atoms. The summed E-state index contributed by atoms with van der Waals surface area (Å²) in [6.45, 7) is 16.4. The summed E-state index contributed by atoms with van der Waals surface area (Å²) in [6, 6.07) is 0. The van der Waals surface area contributed by atoms with Crippen LogP contribution in [0.5, 0.6) is 0 Å². The van der Waals surface area contributed by atoms with E-state index in [2.05, 4.69) is 30.7 Å². The quantitative estimate of drug-likeness (QED) is 0.587. The second-order valence-corrected chi connectivity index (χ2v) is 9.71. The molecule has 1 amide bonds. The highest BCUT2D eigenvalue weighted by molar-refractivity contribution is 5.78. The van der Waals surface area contributed by atoms with E-state index < -0.39 is 5.60 Å². The van der Waals surface area contributed by atoms with Gasteiger partial charge in [-0.05, 0) is 39.0 Å². The van der Waals surface area contributed by atoms with Gasteiger partial charge in [-0.3, -0.25) is 4.99 Å². The molecule has 0 aromatic rings. The molecule has 0 aromatic carbocycles. The molecule has 156 valence electrons. The fraction of sp³-hybridized carbons (Fsp3) is 0.900. The molecule has 2 fully saturated rings. The zero-order valence-electron chi connectivity index (χ0n) is 18.0. The van der Waals surface area contributed by atoms with Crippen LogP contribution in [-0.2, 0) is 9.47 Å². The number of piperazine rings is 1. The number of ether oxygens (including phenoxy) is 2. The van der Waals surface area contributed by atoms with Crippen molar-refractivity contribution in [2.24, 2.45) is 22.1 Å². The fourth-order valence-corrected chi connectivity index (χ4v) is 3.74. The van der Waals surface area contributed by atoms with Crippen LogP contribution in [0.2, 0.25) is 0 Å². The van der Waals surface area contributed by atoms with Crippen molar-refractivity contribution >= 4 is 12.1 Å². The van der Waals surface area contributed by atoms with E-state index in [0.29, 0.717) is 44.6 Å². The third kappa shape index (κ3) is 6.55. The summed E-state index contributed by atoms with van der Waals surface area (Å²) >= 11 is 0. The molecular weight excluding hydrogens is 344 g/mol. The highest BCUT2D eigenvalue weighted by atomic mass is 16.6. The van der Waals surface area contributed by atoms with Crippen LogP contribution in [0.4, 0.5) is 4.79 Å². The predicted octanol–water partition coefficient (Wildman–Crippen LogP) is 2.70. The monoisotopic (exact) mass is 382 g/mol. The Labute approximate surface area is 164 Å². The smallest absolute Gasteiger partial charge is 0.410 e. The molecule has 2 unspecified atom stereocenters. The van der Waals surface area contributed by atoms with Gasteiger partial charge >= 0.3 is 6.09 Å². The molecule has 2 rings (SSSR count). The number of carbonyl (C=O) groups is 1. The van der Waals surface area contributed by atoms with Gasteiger partial charge in [-0.2, -0.15) is 0 Å². The Bertz CT molecular complexity index is 528. The number of aliphatic imine (C=N–C) groups is 1. The maximum absolute atomic E-state index is 12.2. The normalized spacial score (nSPS) is 25.5. The zero-order valence-corrected chi connectivity index (χ0v) is 18.0. The zero-order chi connectivity index (χ0) is 20.2. The third-order valence-electron chi connectivity index (χ3n) is 5.04. The first-order valence-corrected chi connectivity index (χ1v) is 10.1. The molecule has 7 heteroatoms. The number of amides is 1. The van der Waals surface area contributed by atoms with Crippen molar-refractivity contribution in [3.8, 4) is 0 Å². The van der Waals surface area contributed by atoms with Gasteiger partial charge in [0, 0.05) is 45.2 Å². The van der Waals surface area contributed by atoms with Crippen LogP contribution in [0.15, 0.2) is 4.99 Å². The first-order chi connectivity index (χ1) is 12.5. The summed E-state index contributed by atoms with van der Waals surface area (Å²) in [7, 11) is 0. The van der Waals surface area contributed by atoms with Crippen molar-refractivity contribution < 1.29 is 14.3 Å². The van der Waals surface area contributed by atoms with Gasteiger partial charge in [-0.25, -0.2) is 4.79 Å². The Morgan fingerprint density at radius 1 is 1.11 bits per heavy atom. The fourth-order valence-electron chi connectivity index (χ4n) is 3.74. The van der Waals surface area contributed by atoms with Crippen molar-refractivity contribution in [2.75, 3.05) is 39.3 Å². The Morgan fingerprint density at radius 3 is 2.26 bits per heavy atom. The Hall–Kier alpha value is -1.50. The van der Waals surface area contributed by atoms with Crippen LogP contribution in [0.25, 0.3) is 0 Å². The van der Waals surface area contributed by atoms with E-state index in [1.165, 1.54) is 0 Å². The summed E-state index contributed by atoms with van der Waals surface area (Å²) in [5.41, 5.74) is 5.88. The number of hydrogen-bond donors (Lipinski definition) is 1. The van der Waals surface area contributed by atoms with Crippen LogP contribution < -0.4 is 5.73 Å². The molecule has 2 N–H and O–H groups in total. The molecule has 2 heterocycles. The van der Waals surface area contributed by atoms with Gasteiger partial charge in [0.05, 0.1) is 6.10 Å². The lowest BCUT2D eigenvalue weighted by Crippen LogP contribution is -2.53. The Morgan fingerprint density at radius 2 is 1.70 bits per heavy atom. The second-order valence-electron chi connectivity index (χ2n) is 9.71. The van der Waals surface area contributed by atoms with E-state index >= 15 is 0 Å². The first-order valence-electron chi connectivity index (χ1n) is 10.1. The van der Waals surface area contributed by atoms with Crippen molar-refractivity contribution in [1.29, 1.82) is 0 Å². The molecule has 0 bridgehead atoms. The van der Waals surface area contributed by atoms with E-state index in [4.69, 9.17) is 15.2 Å². The summed E-state index contributed by atoms with van der Waals surface area (Å²) in [4.78, 5) is 20.6. The minimum atomic E-state index is -0.472. The first kappa shape index (κ1) is 21.8. The lowest BCUT2D eigenvalue weighted by Gasteiger charge is -2.40. The van der Waals surface area contributed by atoms with Gasteiger partial charge in [0.1, 0.15) is 5.60 Å². The van der Waals surface area contributed by atoms with Gasteiger partial charge in [-0.1, -0.05) is 20.8 Å². The van der Waals surface area contributed by atoms with Crippen molar-refractivity contribution in [2.45, 2.75) is 66.1 Å².